The Morgan fingerprint density at radius 3 is 2.55 bits per heavy atom. The van der Waals surface area contributed by atoms with Crippen molar-refractivity contribution in [1.29, 1.82) is 0 Å². The molecule has 6 nitrogen and oxygen atoms in total. The first-order chi connectivity index (χ1) is 14.1. The van der Waals surface area contributed by atoms with Crippen LogP contribution in [-0.2, 0) is 4.79 Å². The number of benzene rings is 2. The molecule has 1 aliphatic heterocycles. The Morgan fingerprint density at radius 1 is 1.14 bits per heavy atom. The third kappa shape index (κ3) is 4.62. The molecule has 0 atom stereocenters. The number of amides is 1. The molecule has 4 rings (SSSR count). The molecule has 0 saturated carbocycles. The van der Waals surface area contributed by atoms with Gasteiger partial charge in [-0.3, -0.25) is 4.79 Å². The highest BCUT2D eigenvalue weighted by atomic mass is 32.1. The summed E-state index contributed by atoms with van der Waals surface area (Å²) in [4.78, 5) is 18.9. The van der Waals surface area contributed by atoms with Crippen molar-refractivity contribution in [3.05, 3.63) is 48.0 Å². The van der Waals surface area contributed by atoms with Crippen LogP contribution >= 0.6 is 11.3 Å². The fourth-order valence-electron chi connectivity index (χ4n) is 3.39. The summed E-state index contributed by atoms with van der Waals surface area (Å²) in [5, 5.41) is 0.710. The molecule has 0 bridgehead atoms. The van der Waals surface area contributed by atoms with E-state index in [1.54, 1.807) is 30.6 Å². The smallest absolute Gasteiger partial charge is 0.274 e. The van der Waals surface area contributed by atoms with Gasteiger partial charge in [0.05, 0.1) is 17.3 Å². The maximum Gasteiger partial charge on any atom is 0.274 e. The van der Waals surface area contributed by atoms with Gasteiger partial charge in [0.2, 0.25) is 0 Å². The summed E-state index contributed by atoms with van der Waals surface area (Å²) in [5.41, 5.74) is 2.17. The van der Waals surface area contributed by atoms with Gasteiger partial charge in [0.25, 0.3) is 11.1 Å². The van der Waals surface area contributed by atoms with Crippen molar-refractivity contribution < 1.29 is 19.0 Å². The molecule has 152 valence electrons. The van der Waals surface area contributed by atoms with Crippen LogP contribution in [0, 0.1) is 6.92 Å². The highest BCUT2D eigenvalue weighted by Gasteiger charge is 2.25. The van der Waals surface area contributed by atoms with Crippen molar-refractivity contribution in [1.82, 2.24) is 9.88 Å². The minimum atomic E-state index is -0.00474. The van der Waals surface area contributed by atoms with Gasteiger partial charge >= 0.3 is 0 Å². The predicted molar refractivity (Wildman–Crippen MR) is 113 cm³/mol. The van der Waals surface area contributed by atoms with Crippen LogP contribution in [0.5, 0.6) is 16.7 Å². The fraction of sp³-hybridized carbons (Fsp3) is 0.364. The van der Waals surface area contributed by atoms with Crippen LogP contribution in [0.4, 0.5) is 0 Å². The zero-order chi connectivity index (χ0) is 20.2. The molecule has 1 saturated heterocycles. The van der Waals surface area contributed by atoms with E-state index in [1.165, 1.54) is 0 Å². The van der Waals surface area contributed by atoms with Crippen LogP contribution in [0.2, 0.25) is 0 Å². The normalized spacial score (nSPS) is 14.8. The number of rotatable bonds is 6. The SMILES string of the molecule is COc1ccc(OCC(=O)N2CCC(Oc3nc4c(C)cccc4s3)CC2)cc1. The number of hydrogen-bond acceptors (Lipinski definition) is 6. The molecular weight excluding hydrogens is 388 g/mol. The molecule has 2 heterocycles. The van der Waals surface area contributed by atoms with Gasteiger partial charge in [0.15, 0.2) is 6.61 Å². The lowest BCUT2D eigenvalue weighted by atomic mass is 10.1. The lowest BCUT2D eigenvalue weighted by molar-refractivity contribution is -0.135. The zero-order valence-electron chi connectivity index (χ0n) is 16.6. The van der Waals surface area contributed by atoms with Crippen LogP contribution in [0.1, 0.15) is 18.4 Å². The first-order valence-corrected chi connectivity index (χ1v) is 10.5. The van der Waals surface area contributed by atoms with Gasteiger partial charge < -0.3 is 19.1 Å². The second kappa shape index (κ2) is 8.69. The van der Waals surface area contributed by atoms with Crippen molar-refractivity contribution in [2.75, 3.05) is 26.8 Å². The third-order valence-corrected chi connectivity index (χ3v) is 6.00. The van der Waals surface area contributed by atoms with E-state index in [-0.39, 0.29) is 18.6 Å². The average molecular weight is 413 g/mol. The standard InChI is InChI=1S/C22H24N2O4S/c1-15-4-3-5-19-21(15)23-22(29-19)28-18-10-12-24(13-11-18)20(25)14-27-17-8-6-16(26-2)7-9-17/h3-9,18H,10-14H2,1-2H3. The molecular formula is C22H24N2O4S. The summed E-state index contributed by atoms with van der Waals surface area (Å²) in [6, 6.07) is 13.4. The monoisotopic (exact) mass is 412 g/mol. The van der Waals surface area contributed by atoms with Crippen molar-refractivity contribution in [3.63, 3.8) is 0 Å². The Labute approximate surface area is 174 Å². The number of hydrogen-bond donors (Lipinski definition) is 0. The van der Waals surface area contributed by atoms with E-state index >= 15 is 0 Å². The first kappa shape index (κ1) is 19.5. The number of aryl methyl sites for hydroxylation is 1. The number of para-hydroxylation sites is 1. The van der Waals surface area contributed by atoms with E-state index < -0.39 is 0 Å². The number of carbonyl (C=O) groups is 1. The van der Waals surface area contributed by atoms with Gasteiger partial charge in [-0.15, -0.1) is 0 Å². The number of carbonyl (C=O) groups excluding carboxylic acids is 1. The largest absolute Gasteiger partial charge is 0.497 e. The lowest BCUT2D eigenvalue weighted by Gasteiger charge is -2.31. The Hall–Kier alpha value is -2.80. The average Bonchev–Trinajstić information content (AvgIpc) is 3.17. The number of likely N-dealkylation sites (tertiary alicyclic amines) is 1. The van der Waals surface area contributed by atoms with E-state index in [9.17, 15) is 4.79 Å². The van der Waals surface area contributed by atoms with Crippen LogP contribution in [0.15, 0.2) is 42.5 Å². The lowest BCUT2D eigenvalue weighted by Crippen LogP contribution is -2.43. The molecule has 29 heavy (non-hydrogen) atoms. The summed E-state index contributed by atoms with van der Waals surface area (Å²) >= 11 is 1.58. The summed E-state index contributed by atoms with van der Waals surface area (Å²) in [6.07, 6.45) is 1.68. The van der Waals surface area contributed by atoms with Gasteiger partial charge in [0, 0.05) is 25.9 Å². The number of piperidine rings is 1. The number of aromatic nitrogens is 1. The van der Waals surface area contributed by atoms with E-state index in [4.69, 9.17) is 14.2 Å². The molecule has 1 aromatic heterocycles. The molecule has 0 unspecified atom stereocenters. The minimum absolute atomic E-state index is 0.00474. The maximum atomic E-state index is 12.4. The van der Waals surface area contributed by atoms with E-state index in [1.807, 2.05) is 23.1 Å². The van der Waals surface area contributed by atoms with Gasteiger partial charge in [-0.05, 0) is 42.8 Å². The van der Waals surface area contributed by atoms with Gasteiger partial charge in [-0.25, -0.2) is 4.98 Å². The van der Waals surface area contributed by atoms with E-state index in [0.29, 0.717) is 24.0 Å². The molecule has 0 aliphatic carbocycles. The van der Waals surface area contributed by atoms with E-state index in [0.717, 1.165) is 34.4 Å². The summed E-state index contributed by atoms with van der Waals surface area (Å²) < 4.78 is 18.0. The number of thiazole rings is 1. The second-order valence-corrected chi connectivity index (χ2v) is 8.06. The summed E-state index contributed by atoms with van der Waals surface area (Å²) in [7, 11) is 1.62. The Morgan fingerprint density at radius 2 is 1.86 bits per heavy atom. The van der Waals surface area contributed by atoms with Crippen LogP contribution in [0.3, 0.4) is 0 Å². The van der Waals surface area contributed by atoms with Crippen LogP contribution in [0.25, 0.3) is 10.2 Å². The topological polar surface area (TPSA) is 60.9 Å². The third-order valence-electron chi connectivity index (χ3n) is 5.09. The Balaban J connectivity index is 1.25. The van der Waals surface area contributed by atoms with Gasteiger partial charge in [-0.1, -0.05) is 23.5 Å². The highest BCUT2D eigenvalue weighted by molar-refractivity contribution is 7.20. The molecule has 3 aromatic rings. The minimum Gasteiger partial charge on any atom is -0.497 e. The van der Waals surface area contributed by atoms with Gasteiger partial charge in [0.1, 0.15) is 17.6 Å². The number of ether oxygens (including phenoxy) is 3. The Kier molecular flexibility index (Phi) is 5.85. The number of nitrogens with zero attached hydrogens (tertiary/aromatic N) is 2. The zero-order valence-corrected chi connectivity index (χ0v) is 17.4. The second-order valence-electron chi connectivity index (χ2n) is 7.06. The Bertz CT molecular complexity index is 978. The van der Waals surface area contributed by atoms with Crippen molar-refractivity contribution in [3.8, 4) is 16.7 Å². The maximum absolute atomic E-state index is 12.4. The molecule has 0 N–H and O–H groups in total. The van der Waals surface area contributed by atoms with E-state index in [2.05, 4.69) is 24.0 Å². The summed E-state index contributed by atoms with van der Waals surface area (Å²) in [5.74, 6) is 1.41. The van der Waals surface area contributed by atoms with Crippen molar-refractivity contribution in [2.45, 2.75) is 25.9 Å². The highest BCUT2D eigenvalue weighted by Crippen LogP contribution is 2.31. The fourth-order valence-corrected chi connectivity index (χ4v) is 4.35. The van der Waals surface area contributed by atoms with Crippen LogP contribution in [-0.4, -0.2) is 48.7 Å². The molecule has 0 spiro atoms. The molecule has 1 aliphatic rings. The molecule has 1 amide bonds. The molecule has 0 radical (unpaired) electrons. The number of fused-ring (bicyclic) bond motifs is 1. The molecule has 7 heteroatoms. The molecule has 1 fully saturated rings. The first-order valence-electron chi connectivity index (χ1n) is 9.70. The van der Waals surface area contributed by atoms with Crippen molar-refractivity contribution in [2.24, 2.45) is 0 Å². The summed E-state index contributed by atoms with van der Waals surface area (Å²) in [6.45, 7) is 3.43. The van der Waals surface area contributed by atoms with Crippen molar-refractivity contribution >= 4 is 27.5 Å². The molecule has 2 aromatic carbocycles. The predicted octanol–water partition coefficient (Wildman–Crippen LogP) is 4.06. The van der Waals surface area contributed by atoms with Gasteiger partial charge in [-0.2, -0.15) is 0 Å². The quantitative estimate of drug-likeness (QED) is 0.611. The van der Waals surface area contributed by atoms with Crippen LogP contribution < -0.4 is 14.2 Å². The number of methoxy groups -OCH3 is 1.